The van der Waals surface area contributed by atoms with E-state index in [9.17, 15) is 14.3 Å². The molecule has 1 atom stereocenters. The van der Waals surface area contributed by atoms with Crippen LogP contribution in [0.2, 0.25) is 0 Å². The lowest BCUT2D eigenvalue weighted by Gasteiger charge is -2.26. The lowest BCUT2D eigenvalue weighted by Crippen LogP contribution is -2.29. The molecule has 0 fully saturated rings. The molecule has 0 saturated carbocycles. The van der Waals surface area contributed by atoms with E-state index in [-0.39, 0.29) is 23.5 Å². The Bertz CT molecular complexity index is 1250. The molecule has 4 aromatic rings. The largest absolute Gasteiger partial charge is 0.508 e. The van der Waals surface area contributed by atoms with Crippen molar-refractivity contribution in [3.8, 4) is 17.0 Å². The summed E-state index contributed by atoms with van der Waals surface area (Å²) in [6, 6.07) is 20.6. The zero-order valence-corrected chi connectivity index (χ0v) is 16.8. The fraction of sp³-hybridized carbons (Fsp3) is 0.120. The zero-order chi connectivity index (χ0) is 21.5. The number of hydrogen-bond donors (Lipinski definition) is 2. The molecule has 1 amide bonds. The van der Waals surface area contributed by atoms with Gasteiger partial charge in [-0.15, -0.1) is 0 Å². The average Bonchev–Trinajstić information content (AvgIpc) is 3.31. The van der Waals surface area contributed by atoms with Gasteiger partial charge in [0.2, 0.25) is 0 Å². The Kier molecular flexibility index (Phi) is 4.55. The number of H-pyrrole nitrogens is 1. The van der Waals surface area contributed by atoms with Crippen molar-refractivity contribution in [2.24, 2.45) is 0 Å². The van der Waals surface area contributed by atoms with E-state index in [1.54, 1.807) is 29.2 Å². The van der Waals surface area contributed by atoms with Gasteiger partial charge in [0.15, 0.2) is 0 Å². The molecule has 6 heteroatoms. The van der Waals surface area contributed by atoms with Gasteiger partial charge in [0.05, 0.1) is 11.7 Å². The van der Waals surface area contributed by atoms with E-state index in [1.807, 2.05) is 43.3 Å². The summed E-state index contributed by atoms with van der Waals surface area (Å²) in [5, 5.41) is 17.2. The summed E-state index contributed by atoms with van der Waals surface area (Å²) in [6.07, 6.45) is 0. The first-order valence-corrected chi connectivity index (χ1v) is 10.0. The van der Waals surface area contributed by atoms with E-state index < -0.39 is 0 Å². The quantitative estimate of drug-likeness (QED) is 0.496. The van der Waals surface area contributed by atoms with Crippen LogP contribution >= 0.6 is 0 Å². The minimum absolute atomic E-state index is 0.157. The Hall–Kier alpha value is -3.93. The van der Waals surface area contributed by atoms with Crippen LogP contribution < -0.4 is 0 Å². The molecule has 5 rings (SSSR count). The first kappa shape index (κ1) is 19.1. The molecule has 1 unspecified atom stereocenters. The number of hydrogen-bond acceptors (Lipinski definition) is 3. The fourth-order valence-electron chi connectivity index (χ4n) is 4.08. The number of phenols is 1. The minimum Gasteiger partial charge on any atom is -0.508 e. The molecule has 2 N–H and O–H groups in total. The predicted octanol–water partition coefficient (Wildman–Crippen LogP) is 4.98. The number of aromatic amines is 1. The first-order chi connectivity index (χ1) is 15.0. The molecular formula is C25H20FN3O2. The van der Waals surface area contributed by atoms with Crippen molar-refractivity contribution < 1.29 is 14.3 Å². The Balaban J connectivity index is 1.63. The van der Waals surface area contributed by atoms with Crippen molar-refractivity contribution in [1.29, 1.82) is 0 Å². The van der Waals surface area contributed by atoms with Gasteiger partial charge in [0.1, 0.15) is 17.3 Å². The SMILES string of the molecule is Cc1ccc(-c2n[nH]c3c2C(c2ccc(O)cc2)N(Cc2ccc(F)cc2)C3=O)cc1. The van der Waals surface area contributed by atoms with Crippen molar-refractivity contribution >= 4 is 5.91 Å². The van der Waals surface area contributed by atoms with E-state index >= 15 is 0 Å². The molecule has 0 saturated heterocycles. The number of aromatic nitrogens is 2. The van der Waals surface area contributed by atoms with Crippen LogP contribution in [0.15, 0.2) is 72.8 Å². The van der Waals surface area contributed by atoms with Crippen LogP contribution in [0.25, 0.3) is 11.3 Å². The summed E-state index contributed by atoms with van der Waals surface area (Å²) >= 11 is 0. The van der Waals surface area contributed by atoms with Crippen LogP contribution in [-0.4, -0.2) is 26.1 Å². The molecule has 0 aliphatic carbocycles. The van der Waals surface area contributed by atoms with Gasteiger partial charge < -0.3 is 10.0 Å². The number of phenolic OH excluding ortho intramolecular Hbond substituents is 1. The number of carbonyl (C=O) groups excluding carboxylic acids is 1. The molecule has 0 spiro atoms. The molecule has 1 aromatic heterocycles. The lowest BCUT2D eigenvalue weighted by atomic mass is 9.95. The number of carbonyl (C=O) groups is 1. The summed E-state index contributed by atoms with van der Waals surface area (Å²) in [4.78, 5) is 15.1. The van der Waals surface area contributed by atoms with E-state index in [1.165, 1.54) is 12.1 Å². The van der Waals surface area contributed by atoms with Gasteiger partial charge in [0.25, 0.3) is 5.91 Å². The zero-order valence-electron chi connectivity index (χ0n) is 16.8. The third-order valence-corrected chi connectivity index (χ3v) is 5.66. The molecule has 0 radical (unpaired) electrons. The molecule has 1 aliphatic rings. The summed E-state index contributed by atoms with van der Waals surface area (Å²) in [7, 11) is 0. The Morgan fingerprint density at radius 1 is 1.00 bits per heavy atom. The number of rotatable bonds is 4. The Labute approximate surface area is 178 Å². The average molecular weight is 413 g/mol. The highest BCUT2D eigenvalue weighted by Crippen LogP contribution is 2.43. The number of nitrogens with zero attached hydrogens (tertiary/aromatic N) is 2. The van der Waals surface area contributed by atoms with Crippen LogP contribution in [0.5, 0.6) is 5.75 Å². The molecule has 1 aliphatic heterocycles. The maximum absolute atomic E-state index is 13.4. The molecule has 5 nitrogen and oxygen atoms in total. The second-order valence-electron chi connectivity index (χ2n) is 7.78. The summed E-state index contributed by atoms with van der Waals surface area (Å²) in [6.45, 7) is 2.34. The number of aryl methyl sites for hydroxylation is 1. The van der Waals surface area contributed by atoms with Crippen molar-refractivity contribution in [1.82, 2.24) is 15.1 Å². The van der Waals surface area contributed by atoms with Gasteiger partial charge in [-0.3, -0.25) is 9.89 Å². The Morgan fingerprint density at radius 2 is 1.68 bits per heavy atom. The van der Waals surface area contributed by atoms with Gasteiger partial charge in [-0.1, -0.05) is 54.1 Å². The Morgan fingerprint density at radius 3 is 2.35 bits per heavy atom. The lowest BCUT2D eigenvalue weighted by molar-refractivity contribution is 0.0730. The maximum Gasteiger partial charge on any atom is 0.273 e. The van der Waals surface area contributed by atoms with Crippen LogP contribution in [0, 0.1) is 12.7 Å². The van der Waals surface area contributed by atoms with Crippen molar-refractivity contribution in [3.63, 3.8) is 0 Å². The standard InChI is InChI=1S/C25H20FN3O2/c1-15-2-6-17(7-3-15)22-21-23(28-27-22)25(31)29(14-16-4-10-19(26)11-5-16)24(21)18-8-12-20(30)13-9-18/h2-13,24,30H,14H2,1H3,(H,27,28). The summed E-state index contributed by atoms with van der Waals surface area (Å²) < 4.78 is 13.4. The molecule has 154 valence electrons. The number of halogens is 1. The highest BCUT2D eigenvalue weighted by atomic mass is 19.1. The second kappa shape index (κ2) is 7.40. The van der Waals surface area contributed by atoms with Crippen molar-refractivity contribution in [2.45, 2.75) is 19.5 Å². The number of nitrogens with one attached hydrogen (secondary N) is 1. The number of amides is 1. The van der Waals surface area contributed by atoms with Crippen molar-refractivity contribution in [3.05, 3.63) is 107 Å². The highest BCUT2D eigenvalue weighted by Gasteiger charge is 2.42. The first-order valence-electron chi connectivity index (χ1n) is 10.0. The van der Waals surface area contributed by atoms with Gasteiger partial charge in [-0.25, -0.2) is 4.39 Å². The summed E-state index contributed by atoms with van der Waals surface area (Å²) in [5.41, 5.74) is 5.74. The van der Waals surface area contributed by atoms with E-state index in [0.29, 0.717) is 12.2 Å². The van der Waals surface area contributed by atoms with Crippen molar-refractivity contribution in [2.75, 3.05) is 0 Å². The fourth-order valence-corrected chi connectivity index (χ4v) is 4.08. The minimum atomic E-state index is -0.386. The number of fused-ring (bicyclic) bond motifs is 1. The molecular weight excluding hydrogens is 393 g/mol. The maximum atomic E-state index is 13.4. The second-order valence-corrected chi connectivity index (χ2v) is 7.78. The van der Waals surface area contributed by atoms with Crippen LogP contribution in [0.4, 0.5) is 4.39 Å². The van der Waals surface area contributed by atoms with Gasteiger partial charge in [-0.05, 0) is 42.3 Å². The number of benzene rings is 3. The van der Waals surface area contributed by atoms with Crippen LogP contribution in [0.1, 0.15) is 38.8 Å². The molecule has 31 heavy (non-hydrogen) atoms. The topological polar surface area (TPSA) is 69.2 Å². The normalized spacial score (nSPS) is 15.4. The third kappa shape index (κ3) is 3.36. The van der Waals surface area contributed by atoms with E-state index in [4.69, 9.17) is 0 Å². The third-order valence-electron chi connectivity index (χ3n) is 5.66. The van der Waals surface area contributed by atoms with Gasteiger partial charge in [-0.2, -0.15) is 5.10 Å². The molecule has 3 aromatic carbocycles. The van der Waals surface area contributed by atoms with Crippen LogP contribution in [-0.2, 0) is 6.54 Å². The molecule has 2 heterocycles. The smallest absolute Gasteiger partial charge is 0.273 e. The molecule has 0 bridgehead atoms. The predicted molar refractivity (Wildman–Crippen MR) is 115 cm³/mol. The number of aromatic hydroxyl groups is 1. The highest BCUT2D eigenvalue weighted by molar-refractivity contribution is 6.00. The van der Waals surface area contributed by atoms with Crippen LogP contribution in [0.3, 0.4) is 0 Å². The van der Waals surface area contributed by atoms with E-state index in [0.717, 1.165) is 33.5 Å². The van der Waals surface area contributed by atoms with Gasteiger partial charge >= 0.3 is 0 Å². The van der Waals surface area contributed by atoms with E-state index in [2.05, 4.69) is 10.2 Å². The summed E-state index contributed by atoms with van der Waals surface area (Å²) in [5.74, 6) is -0.324. The monoisotopic (exact) mass is 413 g/mol. The van der Waals surface area contributed by atoms with Gasteiger partial charge in [0, 0.05) is 17.7 Å².